The molecule has 0 fully saturated rings. The quantitative estimate of drug-likeness (QED) is 0.658. The Morgan fingerprint density at radius 3 is 2.36 bits per heavy atom. The number of nitrogen functional groups attached to an aromatic ring is 1. The fraction of sp³-hybridized carbons (Fsp3) is 0.167. The van der Waals surface area contributed by atoms with E-state index in [4.69, 9.17) is 11.5 Å². The summed E-state index contributed by atoms with van der Waals surface area (Å²) in [6.45, 7) is 0. The number of hydrogen-bond donors (Lipinski definition) is 2. The van der Waals surface area contributed by atoms with Crippen LogP contribution in [0.25, 0.3) is 0 Å². The minimum Gasteiger partial charge on any atom is -0.399 e. The first-order valence-electron chi connectivity index (χ1n) is 4.70. The Bertz CT molecular complexity index is 376. The first kappa shape index (κ1) is 9.03. The van der Waals surface area contributed by atoms with E-state index in [-0.39, 0.29) is 5.54 Å². The summed E-state index contributed by atoms with van der Waals surface area (Å²) < 4.78 is 0. The zero-order chi connectivity index (χ0) is 10.0. The number of anilines is 1. The second kappa shape index (κ2) is 3.31. The molecule has 0 saturated heterocycles. The van der Waals surface area contributed by atoms with Gasteiger partial charge in [0.2, 0.25) is 0 Å². The van der Waals surface area contributed by atoms with Gasteiger partial charge in [-0.2, -0.15) is 0 Å². The number of nitrogens with two attached hydrogens (primary N) is 2. The number of hydrogen-bond acceptors (Lipinski definition) is 2. The smallest absolute Gasteiger partial charge is 0.0633 e. The van der Waals surface area contributed by atoms with Crippen molar-refractivity contribution >= 4 is 5.69 Å². The first-order chi connectivity index (χ1) is 6.71. The molecule has 14 heavy (non-hydrogen) atoms. The molecular formula is C12H14N2. The number of rotatable bonds is 1. The third-order valence-electron chi connectivity index (χ3n) is 2.54. The van der Waals surface area contributed by atoms with E-state index in [1.807, 2.05) is 42.5 Å². The summed E-state index contributed by atoms with van der Waals surface area (Å²) in [5.41, 5.74) is 13.4. The minimum atomic E-state index is -0.359. The molecule has 1 aliphatic carbocycles. The van der Waals surface area contributed by atoms with Gasteiger partial charge in [0.1, 0.15) is 0 Å². The zero-order valence-corrected chi connectivity index (χ0v) is 7.98. The molecule has 1 aromatic rings. The van der Waals surface area contributed by atoms with Crippen LogP contribution in [0.4, 0.5) is 5.69 Å². The summed E-state index contributed by atoms with van der Waals surface area (Å²) in [4.78, 5) is 0. The molecule has 0 amide bonds. The lowest BCUT2D eigenvalue weighted by Crippen LogP contribution is -2.34. The summed E-state index contributed by atoms with van der Waals surface area (Å²) in [5.74, 6) is 0. The monoisotopic (exact) mass is 186 g/mol. The van der Waals surface area contributed by atoms with Gasteiger partial charge in [-0.1, -0.05) is 36.4 Å². The van der Waals surface area contributed by atoms with Crippen molar-refractivity contribution in [3.05, 3.63) is 54.1 Å². The molecule has 4 N–H and O–H groups in total. The molecule has 0 spiro atoms. The van der Waals surface area contributed by atoms with Gasteiger partial charge in [0, 0.05) is 5.69 Å². The second-order valence-corrected chi connectivity index (χ2v) is 3.65. The standard InChI is InChI=1S/C12H14N2/c13-11-6-4-10(5-7-11)12(14)8-2-1-3-9-12/h1-8H,9,13-14H2. The van der Waals surface area contributed by atoms with Gasteiger partial charge in [0.05, 0.1) is 5.54 Å². The van der Waals surface area contributed by atoms with Crippen molar-refractivity contribution in [1.82, 2.24) is 0 Å². The fourth-order valence-electron chi connectivity index (χ4n) is 1.64. The van der Waals surface area contributed by atoms with Crippen LogP contribution in [0, 0.1) is 0 Å². The zero-order valence-electron chi connectivity index (χ0n) is 7.98. The molecule has 0 aromatic heterocycles. The van der Waals surface area contributed by atoms with Crippen LogP contribution in [0.2, 0.25) is 0 Å². The van der Waals surface area contributed by atoms with Gasteiger partial charge in [-0.25, -0.2) is 0 Å². The third kappa shape index (κ3) is 1.56. The van der Waals surface area contributed by atoms with Crippen molar-refractivity contribution in [2.24, 2.45) is 5.73 Å². The Morgan fingerprint density at radius 1 is 1.07 bits per heavy atom. The molecule has 2 rings (SSSR count). The van der Waals surface area contributed by atoms with E-state index in [0.29, 0.717) is 0 Å². The highest BCUT2D eigenvalue weighted by Crippen LogP contribution is 2.27. The molecule has 0 radical (unpaired) electrons. The van der Waals surface area contributed by atoms with Crippen LogP contribution < -0.4 is 11.5 Å². The molecule has 72 valence electrons. The Balaban J connectivity index is 2.34. The van der Waals surface area contributed by atoms with E-state index in [1.54, 1.807) is 0 Å². The average Bonchev–Trinajstić information content (AvgIpc) is 2.19. The summed E-state index contributed by atoms with van der Waals surface area (Å²) >= 11 is 0. The highest BCUT2D eigenvalue weighted by molar-refractivity contribution is 5.43. The third-order valence-corrected chi connectivity index (χ3v) is 2.54. The summed E-state index contributed by atoms with van der Waals surface area (Å²) in [5, 5.41) is 0. The lowest BCUT2D eigenvalue weighted by molar-refractivity contribution is 0.565. The van der Waals surface area contributed by atoms with Crippen molar-refractivity contribution in [1.29, 1.82) is 0 Å². The maximum absolute atomic E-state index is 6.25. The maximum atomic E-state index is 6.25. The highest BCUT2D eigenvalue weighted by Gasteiger charge is 2.23. The predicted octanol–water partition coefficient (Wildman–Crippen LogP) is 1.94. The van der Waals surface area contributed by atoms with Crippen molar-refractivity contribution < 1.29 is 0 Å². The van der Waals surface area contributed by atoms with Gasteiger partial charge in [0.25, 0.3) is 0 Å². The Kier molecular flexibility index (Phi) is 2.14. The van der Waals surface area contributed by atoms with E-state index in [0.717, 1.165) is 17.7 Å². The average molecular weight is 186 g/mol. The molecule has 0 bridgehead atoms. The normalized spacial score (nSPS) is 25.2. The molecule has 2 nitrogen and oxygen atoms in total. The fourth-order valence-corrected chi connectivity index (χ4v) is 1.64. The lowest BCUT2D eigenvalue weighted by Gasteiger charge is -2.27. The van der Waals surface area contributed by atoms with Crippen LogP contribution in [-0.2, 0) is 5.54 Å². The van der Waals surface area contributed by atoms with E-state index in [2.05, 4.69) is 6.08 Å². The van der Waals surface area contributed by atoms with E-state index >= 15 is 0 Å². The van der Waals surface area contributed by atoms with Gasteiger partial charge < -0.3 is 11.5 Å². The molecule has 1 aliphatic rings. The van der Waals surface area contributed by atoms with Gasteiger partial charge >= 0.3 is 0 Å². The molecule has 0 saturated carbocycles. The van der Waals surface area contributed by atoms with Crippen molar-refractivity contribution in [3.63, 3.8) is 0 Å². The van der Waals surface area contributed by atoms with Gasteiger partial charge in [-0.3, -0.25) is 0 Å². The van der Waals surface area contributed by atoms with Crippen LogP contribution in [0.15, 0.2) is 48.6 Å². The van der Waals surface area contributed by atoms with Gasteiger partial charge in [0.15, 0.2) is 0 Å². The molecule has 1 unspecified atom stereocenters. The van der Waals surface area contributed by atoms with Crippen LogP contribution in [0.3, 0.4) is 0 Å². The van der Waals surface area contributed by atoms with Gasteiger partial charge in [-0.15, -0.1) is 0 Å². The molecule has 1 atom stereocenters. The largest absolute Gasteiger partial charge is 0.399 e. The SMILES string of the molecule is Nc1ccc(C2(N)C=CC=CC2)cc1. The molecular weight excluding hydrogens is 172 g/mol. The van der Waals surface area contributed by atoms with Crippen molar-refractivity contribution in [2.45, 2.75) is 12.0 Å². The van der Waals surface area contributed by atoms with Crippen LogP contribution >= 0.6 is 0 Å². The van der Waals surface area contributed by atoms with Crippen LogP contribution in [0.1, 0.15) is 12.0 Å². The first-order valence-corrected chi connectivity index (χ1v) is 4.70. The second-order valence-electron chi connectivity index (χ2n) is 3.65. The minimum absolute atomic E-state index is 0.359. The van der Waals surface area contributed by atoms with E-state index in [9.17, 15) is 0 Å². The van der Waals surface area contributed by atoms with E-state index < -0.39 is 0 Å². The topological polar surface area (TPSA) is 52.0 Å². The van der Waals surface area contributed by atoms with Crippen molar-refractivity contribution in [3.8, 4) is 0 Å². The Labute approximate surface area is 83.9 Å². The van der Waals surface area contributed by atoms with Gasteiger partial charge in [-0.05, 0) is 24.1 Å². The summed E-state index contributed by atoms with van der Waals surface area (Å²) in [6.07, 6.45) is 8.95. The molecule has 0 aliphatic heterocycles. The van der Waals surface area contributed by atoms with Crippen LogP contribution in [0.5, 0.6) is 0 Å². The number of allylic oxidation sites excluding steroid dienone is 2. The molecule has 2 heteroatoms. The molecule has 0 heterocycles. The summed E-state index contributed by atoms with van der Waals surface area (Å²) in [6, 6.07) is 7.74. The maximum Gasteiger partial charge on any atom is 0.0633 e. The highest BCUT2D eigenvalue weighted by atomic mass is 14.7. The van der Waals surface area contributed by atoms with E-state index in [1.165, 1.54) is 0 Å². The molecule has 1 aromatic carbocycles. The summed E-state index contributed by atoms with van der Waals surface area (Å²) in [7, 11) is 0. The number of benzene rings is 1. The van der Waals surface area contributed by atoms with Crippen LogP contribution in [-0.4, -0.2) is 0 Å². The lowest BCUT2D eigenvalue weighted by atomic mass is 9.85. The predicted molar refractivity (Wildman–Crippen MR) is 59.6 cm³/mol. The Hall–Kier alpha value is -1.54. The van der Waals surface area contributed by atoms with Crippen molar-refractivity contribution in [2.75, 3.05) is 5.73 Å². The Morgan fingerprint density at radius 2 is 1.79 bits per heavy atom.